The van der Waals surface area contributed by atoms with Crippen LogP contribution in [0.15, 0.2) is 18.2 Å². The molecule has 2 heteroatoms. The second-order valence-electron chi connectivity index (χ2n) is 3.15. The van der Waals surface area contributed by atoms with Crippen LogP contribution in [0, 0.1) is 6.92 Å². The molecule has 0 nitrogen and oxygen atoms in total. The van der Waals surface area contributed by atoms with Gasteiger partial charge in [0.2, 0.25) is 0 Å². The fourth-order valence-electron chi connectivity index (χ4n) is 1.43. The Balaban J connectivity index is 2.89. The minimum absolute atomic E-state index is 0.679. The average molecular weight is 217 g/mol. The highest BCUT2D eigenvalue weighted by Gasteiger charge is 2.01. The minimum Gasteiger partial charge on any atom is -0.126 e. The number of hydrogen-bond acceptors (Lipinski definition) is 0. The number of alkyl halides is 2. The van der Waals surface area contributed by atoms with E-state index in [0.29, 0.717) is 11.8 Å². The first-order valence-electron chi connectivity index (χ1n) is 4.48. The summed E-state index contributed by atoms with van der Waals surface area (Å²) in [4.78, 5) is 0. The van der Waals surface area contributed by atoms with Crippen LogP contribution in [0.5, 0.6) is 0 Å². The first-order chi connectivity index (χ1) is 6.27. The van der Waals surface area contributed by atoms with Crippen molar-refractivity contribution in [3.63, 3.8) is 0 Å². The Kier molecular flexibility index (Phi) is 4.61. The summed E-state index contributed by atoms with van der Waals surface area (Å²) in [5.74, 6) is 1.36. The van der Waals surface area contributed by atoms with Crippen LogP contribution in [0.1, 0.15) is 16.7 Å². The summed E-state index contributed by atoms with van der Waals surface area (Å²) in [5, 5.41) is 0. The quantitative estimate of drug-likeness (QED) is 0.676. The third-order valence-electron chi connectivity index (χ3n) is 2.09. The van der Waals surface area contributed by atoms with Gasteiger partial charge in [-0.05, 0) is 30.9 Å². The van der Waals surface area contributed by atoms with Crippen molar-refractivity contribution in [3.8, 4) is 0 Å². The van der Waals surface area contributed by atoms with Gasteiger partial charge in [-0.2, -0.15) is 0 Å². The summed E-state index contributed by atoms with van der Waals surface area (Å²) in [7, 11) is 0. The van der Waals surface area contributed by atoms with E-state index in [0.717, 1.165) is 12.8 Å². The summed E-state index contributed by atoms with van der Waals surface area (Å²) in [5.41, 5.74) is 3.97. The molecule has 0 heterocycles. The second kappa shape index (κ2) is 5.51. The lowest BCUT2D eigenvalue weighted by Crippen LogP contribution is -1.97. The van der Waals surface area contributed by atoms with Crippen molar-refractivity contribution in [1.29, 1.82) is 0 Å². The molecule has 0 amide bonds. The average Bonchev–Trinajstić information content (AvgIpc) is 2.10. The number of aryl methyl sites for hydroxylation is 3. The van der Waals surface area contributed by atoms with E-state index in [2.05, 4.69) is 25.1 Å². The molecule has 1 rings (SSSR count). The lowest BCUT2D eigenvalue weighted by Gasteiger charge is -2.07. The Hall–Kier alpha value is -0.200. The van der Waals surface area contributed by atoms with E-state index in [1.807, 2.05) is 0 Å². The van der Waals surface area contributed by atoms with Crippen LogP contribution >= 0.6 is 23.2 Å². The molecule has 0 bridgehead atoms. The number of hydrogen-bond donors (Lipinski definition) is 0. The Labute approximate surface area is 89.9 Å². The minimum atomic E-state index is 0.679. The van der Waals surface area contributed by atoms with Gasteiger partial charge in [0.25, 0.3) is 0 Å². The van der Waals surface area contributed by atoms with E-state index in [9.17, 15) is 0 Å². The third-order valence-corrected chi connectivity index (χ3v) is 2.47. The van der Waals surface area contributed by atoms with E-state index >= 15 is 0 Å². The van der Waals surface area contributed by atoms with Crippen LogP contribution in [0.3, 0.4) is 0 Å². The molecule has 72 valence electrons. The van der Waals surface area contributed by atoms with Gasteiger partial charge in [-0.15, -0.1) is 23.2 Å². The highest BCUT2D eigenvalue weighted by atomic mass is 35.5. The number of rotatable bonds is 4. The molecule has 0 radical (unpaired) electrons. The molecule has 0 spiro atoms. The van der Waals surface area contributed by atoms with Crippen LogP contribution in [0.4, 0.5) is 0 Å². The predicted molar refractivity (Wildman–Crippen MR) is 60.0 cm³/mol. The van der Waals surface area contributed by atoms with Gasteiger partial charge >= 0.3 is 0 Å². The molecule has 0 atom stereocenters. The number of halogens is 2. The maximum absolute atomic E-state index is 5.73. The van der Waals surface area contributed by atoms with Crippen LogP contribution in [0.25, 0.3) is 0 Å². The maximum atomic E-state index is 5.73. The predicted octanol–water partition coefficient (Wildman–Crippen LogP) is 3.56. The van der Waals surface area contributed by atoms with Crippen LogP contribution in [0.2, 0.25) is 0 Å². The molecule has 0 saturated heterocycles. The van der Waals surface area contributed by atoms with Crippen molar-refractivity contribution in [1.82, 2.24) is 0 Å². The van der Waals surface area contributed by atoms with Gasteiger partial charge in [-0.1, -0.05) is 23.8 Å². The Morgan fingerprint density at radius 2 is 1.62 bits per heavy atom. The summed E-state index contributed by atoms with van der Waals surface area (Å²) >= 11 is 11.4. The van der Waals surface area contributed by atoms with Crippen LogP contribution < -0.4 is 0 Å². The monoisotopic (exact) mass is 216 g/mol. The fourth-order valence-corrected chi connectivity index (χ4v) is 1.84. The van der Waals surface area contributed by atoms with Gasteiger partial charge in [0.1, 0.15) is 0 Å². The smallest absolute Gasteiger partial charge is 0.0264 e. The highest BCUT2D eigenvalue weighted by molar-refractivity contribution is 6.18. The molecule has 0 unspecified atom stereocenters. The van der Waals surface area contributed by atoms with Gasteiger partial charge in [0, 0.05) is 11.8 Å². The van der Waals surface area contributed by atoms with E-state index in [4.69, 9.17) is 23.2 Å². The van der Waals surface area contributed by atoms with Gasteiger partial charge in [-0.25, -0.2) is 0 Å². The Morgan fingerprint density at radius 1 is 1.00 bits per heavy atom. The lowest BCUT2D eigenvalue weighted by atomic mass is 10.0. The van der Waals surface area contributed by atoms with Crippen molar-refractivity contribution < 1.29 is 0 Å². The van der Waals surface area contributed by atoms with Crippen molar-refractivity contribution in [2.45, 2.75) is 19.8 Å². The van der Waals surface area contributed by atoms with E-state index < -0.39 is 0 Å². The summed E-state index contributed by atoms with van der Waals surface area (Å²) < 4.78 is 0. The molecule has 0 N–H and O–H groups in total. The highest BCUT2D eigenvalue weighted by Crippen LogP contribution is 2.14. The van der Waals surface area contributed by atoms with Gasteiger partial charge in [0.15, 0.2) is 0 Å². The zero-order valence-corrected chi connectivity index (χ0v) is 9.33. The summed E-state index contributed by atoms with van der Waals surface area (Å²) in [6.45, 7) is 2.10. The van der Waals surface area contributed by atoms with Gasteiger partial charge in [0.05, 0.1) is 0 Å². The Morgan fingerprint density at radius 3 is 2.23 bits per heavy atom. The molecular weight excluding hydrogens is 203 g/mol. The van der Waals surface area contributed by atoms with Crippen LogP contribution in [-0.2, 0) is 12.8 Å². The van der Waals surface area contributed by atoms with E-state index in [1.165, 1.54) is 16.7 Å². The van der Waals surface area contributed by atoms with Crippen molar-refractivity contribution in [2.75, 3.05) is 11.8 Å². The second-order valence-corrected chi connectivity index (χ2v) is 3.91. The SMILES string of the molecule is Cc1ccc(CCCl)c(CCCl)c1. The maximum Gasteiger partial charge on any atom is 0.0264 e. The summed E-state index contributed by atoms with van der Waals surface area (Å²) in [6, 6.07) is 6.48. The molecule has 0 aliphatic heterocycles. The van der Waals surface area contributed by atoms with Crippen molar-refractivity contribution in [2.24, 2.45) is 0 Å². The van der Waals surface area contributed by atoms with Crippen LogP contribution in [-0.4, -0.2) is 11.8 Å². The third kappa shape index (κ3) is 3.21. The molecule has 0 aliphatic rings. The molecular formula is C11H14Cl2. The van der Waals surface area contributed by atoms with Gasteiger partial charge in [-0.3, -0.25) is 0 Å². The molecule has 1 aromatic carbocycles. The van der Waals surface area contributed by atoms with E-state index in [1.54, 1.807) is 0 Å². The molecule has 1 aromatic rings. The summed E-state index contributed by atoms with van der Waals surface area (Å²) in [6.07, 6.45) is 1.88. The normalized spacial score (nSPS) is 10.4. The van der Waals surface area contributed by atoms with Crippen molar-refractivity contribution >= 4 is 23.2 Å². The fraction of sp³-hybridized carbons (Fsp3) is 0.455. The molecule has 0 aromatic heterocycles. The Bertz CT molecular complexity index is 269. The number of benzene rings is 1. The zero-order chi connectivity index (χ0) is 9.68. The molecule has 13 heavy (non-hydrogen) atoms. The van der Waals surface area contributed by atoms with E-state index in [-0.39, 0.29) is 0 Å². The first kappa shape index (κ1) is 10.9. The topological polar surface area (TPSA) is 0 Å². The van der Waals surface area contributed by atoms with Crippen molar-refractivity contribution in [3.05, 3.63) is 34.9 Å². The lowest BCUT2D eigenvalue weighted by molar-refractivity contribution is 1.04. The molecule has 0 saturated carbocycles. The zero-order valence-electron chi connectivity index (χ0n) is 7.82. The van der Waals surface area contributed by atoms with Gasteiger partial charge < -0.3 is 0 Å². The standard InChI is InChI=1S/C11H14Cl2/c1-9-2-3-10(4-6-12)11(8-9)5-7-13/h2-3,8H,4-7H2,1H3. The largest absolute Gasteiger partial charge is 0.126 e. The first-order valence-corrected chi connectivity index (χ1v) is 5.55. The molecule has 0 fully saturated rings. The molecule has 0 aliphatic carbocycles.